The molecule has 2 amide bonds. The Labute approximate surface area is 210 Å². The molecule has 4 heteroatoms. The number of rotatable bonds is 22. The molecule has 0 aliphatic rings. The minimum Gasteiger partial charge on any atom is -0.355 e. The van der Waals surface area contributed by atoms with E-state index in [0.29, 0.717) is 12.0 Å². The minimum absolute atomic E-state index is 0.0552. The van der Waals surface area contributed by atoms with Crippen LogP contribution < -0.4 is 10.6 Å². The fourth-order valence-corrected chi connectivity index (χ4v) is 4.44. The Hall–Kier alpha value is -1.84. The Morgan fingerprint density at radius 1 is 0.588 bits per heavy atom. The maximum Gasteiger partial charge on any atom is 0.251 e. The van der Waals surface area contributed by atoms with Gasteiger partial charge in [0.05, 0.1) is 0 Å². The highest BCUT2D eigenvalue weighted by molar-refractivity contribution is 5.95. The highest BCUT2D eigenvalue weighted by Gasteiger charge is 2.05. The molecule has 34 heavy (non-hydrogen) atoms. The molecule has 4 nitrogen and oxygen atoms in total. The zero-order chi connectivity index (χ0) is 24.7. The third-order valence-corrected chi connectivity index (χ3v) is 6.67. The number of amides is 2. The van der Waals surface area contributed by atoms with Gasteiger partial charge in [-0.1, -0.05) is 122 Å². The highest BCUT2D eigenvalue weighted by atomic mass is 16.2. The number of hydrogen-bond donors (Lipinski definition) is 2. The summed E-state index contributed by atoms with van der Waals surface area (Å²) in [5.41, 5.74) is 1.34. The fourth-order valence-electron chi connectivity index (χ4n) is 4.44. The Morgan fingerprint density at radius 2 is 0.971 bits per heavy atom. The summed E-state index contributed by atoms with van der Waals surface area (Å²) in [6.07, 6.45) is 26.4. The van der Waals surface area contributed by atoms with Crippen molar-refractivity contribution in [1.29, 1.82) is 0 Å². The van der Waals surface area contributed by atoms with E-state index in [1.165, 1.54) is 109 Å². The lowest BCUT2D eigenvalue weighted by atomic mass is 10.0. The number of anilines is 1. The van der Waals surface area contributed by atoms with Crippen molar-refractivity contribution < 1.29 is 9.59 Å². The van der Waals surface area contributed by atoms with Gasteiger partial charge in [-0.05, 0) is 30.7 Å². The van der Waals surface area contributed by atoms with Crippen LogP contribution in [0.1, 0.15) is 146 Å². The van der Waals surface area contributed by atoms with Crippen molar-refractivity contribution in [3.8, 4) is 0 Å². The molecule has 0 fully saturated rings. The zero-order valence-corrected chi connectivity index (χ0v) is 22.3. The van der Waals surface area contributed by atoms with E-state index in [0.717, 1.165) is 18.5 Å². The van der Waals surface area contributed by atoms with Gasteiger partial charge in [-0.25, -0.2) is 0 Å². The number of unbranched alkanes of at least 4 members (excludes halogenated alkanes) is 18. The number of benzene rings is 1. The van der Waals surface area contributed by atoms with E-state index in [1.807, 2.05) is 0 Å². The molecule has 0 bridgehead atoms. The van der Waals surface area contributed by atoms with Crippen molar-refractivity contribution in [2.75, 3.05) is 12.4 Å². The first-order chi connectivity index (χ1) is 16.7. The van der Waals surface area contributed by atoms with E-state index in [2.05, 4.69) is 17.6 Å². The summed E-state index contributed by atoms with van der Waals surface area (Å²) in [7, 11) is 1.61. The Kier molecular flexibility index (Phi) is 19.2. The van der Waals surface area contributed by atoms with Gasteiger partial charge in [0, 0.05) is 24.7 Å². The molecule has 194 valence electrons. The first-order valence-corrected chi connectivity index (χ1v) is 14.3. The maximum atomic E-state index is 12.1. The second-order valence-electron chi connectivity index (χ2n) is 9.82. The molecule has 0 saturated carbocycles. The van der Waals surface area contributed by atoms with Gasteiger partial charge in [0.2, 0.25) is 5.91 Å². The van der Waals surface area contributed by atoms with Crippen molar-refractivity contribution >= 4 is 17.5 Å². The first-order valence-electron chi connectivity index (χ1n) is 14.3. The average Bonchev–Trinajstić information content (AvgIpc) is 2.85. The number of carbonyl (C=O) groups is 2. The van der Waals surface area contributed by atoms with Crippen LogP contribution >= 0.6 is 0 Å². The van der Waals surface area contributed by atoms with Crippen molar-refractivity contribution in [3.05, 3.63) is 29.8 Å². The van der Waals surface area contributed by atoms with E-state index in [9.17, 15) is 9.59 Å². The topological polar surface area (TPSA) is 58.2 Å². The lowest BCUT2D eigenvalue weighted by Crippen LogP contribution is -2.17. The third-order valence-electron chi connectivity index (χ3n) is 6.67. The largest absolute Gasteiger partial charge is 0.355 e. The van der Waals surface area contributed by atoms with Crippen LogP contribution in [0.25, 0.3) is 0 Å². The predicted octanol–water partition coefficient (Wildman–Crippen LogP) is 8.81. The van der Waals surface area contributed by atoms with Crippen LogP contribution in [-0.4, -0.2) is 18.9 Å². The summed E-state index contributed by atoms with van der Waals surface area (Å²) >= 11 is 0. The third kappa shape index (κ3) is 16.7. The summed E-state index contributed by atoms with van der Waals surface area (Å²) in [5.74, 6) is -0.0633. The van der Waals surface area contributed by atoms with Crippen LogP contribution in [0.4, 0.5) is 5.69 Å². The van der Waals surface area contributed by atoms with Crippen LogP contribution in [0, 0.1) is 0 Å². The van der Waals surface area contributed by atoms with E-state index in [4.69, 9.17) is 0 Å². The molecule has 0 aliphatic heterocycles. The van der Waals surface area contributed by atoms with E-state index < -0.39 is 0 Å². The molecule has 1 aromatic carbocycles. The Balaban J connectivity index is 1.83. The van der Waals surface area contributed by atoms with Gasteiger partial charge in [0.25, 0.3) is 5.91 Å². The van der Waals surface area contributed by atoms with Gasteiger partial charge >= 0.3 is 0 Å². The summed E-state index contributed by atoms with van der Waals surface area (Å²) in [6, 6.07) is 7.01. The molecule has 0 heterocycles. The molecular formula is C30H52N2O2. The number of nitrogens with one attached hydrogen (secondary N) is 2. The number of hydrogen-bond acceptors (Lipinski definition) is 2. The molecule has 0 unspecified atom stereocenters. The van der Waals surface area contributed by atoms with Gasteiger partial charge in [0.1, 0.15) is 0 Å². The second kappa shape index (κ2) is 21.7. The van der Waals surface area contributed by atoms with Crippen LogP contribution in [0.15, 0.2) is 24.3 Å². The summed E-state index contributed by atoms with van der Waals surface area (Å²) < 4.78 is 0. The normalized spacial score (nSPS) is 10.9. The van der Waals surface area contributed by atoms with Gasteiger partial charge in [-0.3, -0.25) is 9.59 Å². The highest BCUT2D eigenvalue weighted by Crippen LogP contribution is 2.15. The van der Waals surface area contributed by atoms with Crippen LogP contribution in [0.5, 0.6) is 0 Å². The lowest BCUT2D eigenvalue weighted by molar-refractivity contribution is -0.116. The minimum atomic E-state index is -0.119. The molecule has 0 saturated heterocycles. The first kappa shape index (κ1) is 30.2. The molecule has 2 N–H and O–H groups in total. The monoisotopic (exact) mass is 472 g/mol. The average molecular weight is 473 g/mol. The van der Waals surface area contributed by atoms with Gasteiger partial charge in [-0.2, -0.15) is 0 Å². The van der Waals surface area contributed by atoms with Crippen molar-refractivity contribution in [2.24, 2.45) is 0 Å². The second-order valence-corrected chi connectivity index (χ2v) is 9.82. The molecule has 0 aliphatic carbocycles. The standard InChI is InChI=1S/C30H52N2O2/c1-3-4-5-6-7-8-9-10-11-12-13-14-15-16-17-18-19-20-21-22-29(33)32-28-25-23-27(24-26-28)30(34)31-2/h23-26H,3-22H2,1-2H3,(H,31,34)(H,32,33). The van der Waals surface area contributed by atoms with Gasteiger partial charge < -0.3 is 10.6 Å². The predicted molar refractivity (Wildman–Crippen MR) is 146 cm³/mol. The molecule has 1 rings (SSSR count). The molecule has 0 spiro atoms. The molecule has 0 aromatic heterocycles. The van der Waals surface area contributed by atoms with Crippen molar-refractivity contribution in [1.82, 2.24) is 5.32 Å². The Morgan fingerprint density at radius 3 is 1.35 bits per heavy atom. The molecular weight excluding hydrogens is 420 g/mol. The van der Waals surface area contributed by atoms with Crippen molar-refractivity contribution in [2.45, 2.75) is 135 Å². The summed E-state index contributed by atoms with van der Waals surface area (Å²) in [5, 5.41) is 5.51. The quantitative estimate of drug-likeness (QED) is 0.166. The zero-order valence-electron chi connectivity index (χ0n) is 22.3. The van der Waals surface area contributed by atoms with Crippen LogP contribution in [0.3, 0.4) is 0 Å². The van der Waals surface area contributed by atoms with Crippen LogP contribution in [0.2, 0.25) is 0 Å². The number of carbonyl (C=O) groups excluding carboxylic acids is 2. The van der Waals surface area contributed by atoms with Crippen molar-refractivity contribution in [3.63, 3.8) is 0 Å². The van der Waals surface area contributed by atoms with E-state index >= 15 is 0 Å². The Bertz CT molecular complexity index is 627. The van der Waals surface area contributed by atoms with Gasteiger partial charge in [-0.15, -0.1) is 0 Å². The summed E-state index contributed by atoms with van der Waals surface area (Å²) in [4.78, 5) is 23.6. The molecule has 0 atom stereocenters. The smallest absolute Gasteiger partial charge is 0.251 e. The molecule has 1 aromatic rings. The SMILES string of the molecule is CCCCCCCCCCCCCCCCCCCCCC(=O)Nc1ccc(C(=O)NC)cc1. The molecule has 0 radical (unpaired) electrons. The van der Waals surface area contributed by atoms with E-state index in [1.54, 1.807) is 31.3 Å². The fraction of sp³-hybridized carbons (Fsp3) is 0.733. The maximum absolute atomic E-state index is 12.1. The van der Waals surface area contributed by atoms with Gasteiger partial charge in [0.15, 0.2) is 0 Å². The summed E-state index contributed by atoms with van der Waals surface area (Å²) in [6.45, 7) is 2.28. The van der Waals surface area contributed by atoms with E-state index in [-0.39, 0.29) is 11.8 Å². The van der Waals surface area contributed by atoms with Crippen LogP contribution in [-0.2, 0) is 4.79 Å². The lowest BCUT2D eigenvalue weighted by Gasteiger charge is -2.06.